The van der Waals surface area contributed by atoms with Crippen LogP contribution in [0.25, 0.3) is 0 Å². The first-order valence-corrected chi connectivity index (χ1v) is 7.41. The molecule has 2 unspecified atom stereocenters. The highest BCUT2D eigenvalue weighted by Crippen LogP contribution is 2.39. The average Bonchev–Trinajstić information content (AvgIpc) is 2.33. The lowest BCUT2D eigenvalue weighted by Crippen LogP contribution is -2.34. The number of halogens is 2. The fourth-order valence-corrected chi connectivity index (χ4v) is 2.96. The van der Waals surface area contributed by atoms with E-state index in [0.29, 0.717) is 10.6 Å². The normalized spacial score (nSPS) is 14.3. The Hall–Kier alpha value is -0.840. The van der Waals surface area contributed by atoms with Gasteiger partial charge in [-0.05, 0) is 25.5 Å². The van der Waals surface area contributed by atoms with Crippen LogP contribution in [0.5, 0.6) is 0 Å². The number of hydrogen-bond acceptors (Lipinski definition) is 3. The number of likely N-dealkylation sites (N-methyl/N-ethyl adjacent to an activating group) is 1. The summed E-state index contributed by atoms with van der Waals surface area (Å²) < 4.78 is 0. The smallest absolute Gasteiger partial charge is 0.274 e. The van der Waals surface area contributed by atoms with Crippen molar-refractivity contribution in [1.29, 1.82) is 0 Å². The van der Waals surface area contributed by atoms with Crippen molar-refractivity contribution in [2.24, 2.45) is 5.92 Å². The van der Waals surface area contributed by atoms with Gasteiger partial charge in [0.05, 0.1) is 15.0 Å². The first kappa shape index (κ1) is 17.2. The van der Waals surface area contributed by atoms with Gasteiger partial charge in [-0.1, -0.05) is 44.0 Å². The monoisotopic (exact) mass is 318 g/mol. The van der Waals surface area contributed by atoms with Crippen molar-refractivity contribution in [2.45, 2.75) is 39.7 Å². The van der Waals surface area contributed by atoms with Gasteiger partial charge < -0.3 is 5.32 Å². The molecular weight excluding hydrogens is 299 g/mol. The van der Waals surface area contributed by atoms with Crippen LogP contribution in [0.15, 0.2) is 12.1 Å². The van der Waals surface area contributed by atoms with Crippen LogP contribution in [0.3, 0.4) is 0 Å². The number of nitrogens with zero attached hydrogens (tertiary/aromatic N) is 1. The number of nitro groups is 1. The van der Waals surface area contributed by atoms with Gasteiger partial charge in [0.15, 0.2) is 0 Å². The largest absolute Gasteiger partial charge is 0.314 e. The molecule has 0 heterocycles. The van der Waals surface area contributed by atoms with Crippen LogP contribution >= 0.6 is 23.2 Å². The maximum atomic E-state index is 11.3. The van der Waals surface area contributed by atoms with Crippen molar-refractivity contribution in [3.63, 3.8) is 0 Å². The fraction of sp³-hybridized carbons (Fsp3) is 0.571. The zero-order chi connectivity index (χ0) is 15.4. The van der Waals surface area contributed by atoms with E-state index in [9.17, 15) is 10.1 Å². The Morgan fingerprint density at radius 1 is 1.25 bits per heavy atom. The zero-order valence-electron chi connectivity index (χ0n) is 12.1. The van der Waals surface area contributed by atoms with Crippen molar-refractivity contribution >= 4 is 28.9 Å². The van der Waals surface area contributed by atoms with Gasteiger partial charge in [0.2, 0.25) is 0 Å². The predicted octanol–water partition coefficient (Wildman–Crippen LogP) is 4.64. The minimum Gasteiger partial charge on any atom is -0.314 e. The molecule has 112 valence electrons. The third-order valence-corrected chi connectivity index (χ3v) is 4.13. The second-order valence-electron chi connectivity index (χ2n) is 5.20. The number of rotatable bonds is 6. The van der Waals surface area contributed by atoms with E-state index in [0.717, 1.165) is 6.54 Å². The quantitative estimate of drug-likeness (QED) is 0.614. The van der Waals surface area contributed by atoms with Gasteiger partial charge in [-0.2, -0.15) is 0 Å². The second kappa shape index (κ2) is 7.25. The van der Waals surface area contributed by atoms with E-state index >= 15 is 0 Å². The van der Waals surface area contributed by atoms with Crippen molar-refractivity contribution < 1.29 is 4.92 Å². The van der Waals surface area contributed by atoms with Gasteiger partial charge in [0.1, 0.15) is 0 Å². The second-order valence-corrected chi connectivity index (χ2v) is 6.01. The first-order chi connectivity index (χ1) is 9.29. The van der Waals surface area contributed by atoms with Crippen molar-refractivity contribution in [3.8, 4) is 0 Å². The number of benzene rings is 1. The lowest BCUT2D eigenvalue weighted by Gasteiger charge is -2.28. The molecule has 1 aromatic carbocycles. The highest BCUT2D eigenvalue weighted by molar-refractivity contribution is 6.42. The van der Waals surface area contributed by atoms with Crippen LogP contribution in [-0.2, 0) is 0 Å². The molecule has 1 N–H and O–H groups in total. The predicted molar refractivity (Wildman–Crippen MR) is 83.8 cm³/mol. The van der Waals surface area contributed by atoms with E-state index < -0.39 is 4.92 Å². The molecule has 0 aliphatic rings. The topological polar surface area (TPSA) is 55.2 Å². The maximum absolute atomic E-state index is 11.3. The van der Waals surface area contributed by atoms with Crippen LogP contribution in [0.4, 0.5) is 5.69 Å². The molecule has 0 radical (unpaired) electrons. The van der Waals surface area contributed by atoms with E-state index in [1.165, 1.54) is 6.07 Å². The summed E-state index contributed by atoms with van der Waals surface area (Å²) in [6.07, 6.45) is 0. The van der Waals surface area contributed by atoms with E-state index in [-0.39, 0.29) is 28.6 Å². The van der Waals surface area contributed by atoms with Crippen LogP contribution < -0.4 is 5.32 Å². The van der Waals surface area contributed by atoms with Gasteiger partial charge in [-0.3, -0.25) is 10.1 Å². The van der Waals surface area contributed by atoms with Gasteiger partial charge in [-0.25, -0.2) is 0 Å². The van der Waals surface area contributed by atoms with Gasteiger partial charge in [0, 0.05) is 23.6 Å². The maximum Gasteiger partial charge on any atom is 0.274 e. The Kier molecular flexibility index (Phi) is 6.24. The fourth-order valence-electron chi connectivity index (χ4n) is 2.63. The molecule has 0 aliphatic heterocycles. The van der Waals surface area contributed by atoms with E-state index in [2.05, 4.69) is 5.32 Å². The molecule has 0 spiro atoms. The Balaban J connectivity index is 3.38. The Morgan fingerprint density at radius 3 is 2.25 bits per heavy atom. The van der Waals surface area contributed by atoms with Crippen molar-refractivity contribution in [2.75, 3.05) is 6.54 Å². The summed E-state index contributed by atoms with van der Waals surface area (Å²) in [6, 6.07) is 3.07. The molecule has 6 heteroatoms. The molecular formula is C14H20Cl2N2O2. The molecule has 0 bridgehead atoms. The number of nitrogens with one attached hydrogen (secondary N) is 1. The highest BCUT2D eigenvalue weighted by Gasteiger charge is 2.30. The van der Waals surface area contributed by atoms with Crippen molar-refractivity contribution in [3.05, 3.63) is 37.9 Å². The van der Waals surface area contributed by atoms with Crippen LogP contribution in [-0.4, -0.2) is 17.5 Å². The third-order valence-electron chi connectivity index (χ3n) is 3.41. The summed E-state index contributed by atoms with van der Waals surface area (Å²) in [5.41, 5.74) is 0.663. The van der Waals surface area contributed by atoms with Crippen LogP contribution in [0, 0.1) is 16.0 Å². The molecule has 0 aliphatic carbocycles. The minimum absolute atomic E-state index is 0.00915. The molecule has 1 aromatic rings. The molecule has 0 aromatic heterocycles. The minimum atomic E-state index is -0.397. The summed E-state index contributed by atoms with van der Waals surface area (Å²) in [7, 11) is 0. The van der Waals surface area contributed by atoms with Crippen LogP contribution in [0.2, 0.25) is 10.0 Å². The summed E-state index contributed by atoms with van der Waals surface area (Å²) >= 11 is 11.9. The van der Waals surface area contributed by atoms with E-state index in [1.807, 2.05) is 27.7 Å². The Morgan fingerprint density at radius 2 is 1.80 bits per heavy atom. The molecule has 0 saturated carbocycles. The zero-order valence-corrected chi connectivity index (χ0v) is 13.6. The average molecular weight is 319 g/mol. The first-order valence-electron chi connectivity index (χ1n) is 6.66. The summed E-state index contributed by atoms with van der Waals surface area (Å²) in [5, 5.41) is 15.2. The van der Waals surface area contributed by atoms with E-state index in [4.69, 9.17) is 23.2 Å². The standard InChI is InChI=1S/C14H20Cl2N2O2/c1-5-17-9(4)14(8(2)3)10-6-11(15)12(16)7-13(10)18(19)20/h6-9,14,17H,5H2,1-4H3. The molecule has 0 amide bonds. The van der Waals surface area contributed by atoms with Crippen LogP contribution in [0.1, 0.15) is 39.2 Å². The molecule has 4 nitrogen and oxygen atoms in total. The molecule has 0 saturated heterocycles. The Bertz CT molecular complexity index is 492. The highest BCUT2D eigenvalue weighted by atomic mass is 35.5. The lowest BCUT2D eigenvalue weighted by atomic mass is 9.82. The van der Waals surface area contributed by atoms with Gasteiger partial charge in [-0.15, -0.1) is 0 Å². The lowest BCUT2D eigenvalue weighted by molar-refractivity contribution is -0.385. The third kappa shape index (κ3) is 3.84. The van der Waals surface area contributed by atoms with Crippen molar-refractivity contribution in [1.82, 2.24) is 5.32 Å². The van der Waals surface area contributed by atoms with Gasteiger partial charge >= 0.3 is 0 Å². The van der Waals surface area contributed by atoms with E-state index in [1.54, 1.807) is 6.07 Å². The molecule has 20 heavy (non-hydrogen) atoms. The number of nitro benzene ring substituents is 1. The SMILES string of the molecule is CCNC(C)C(c1cc(Cl)c(Cl)cc1[N+](=O)[O-])C(C)C. The summed E-state index contributed by atoms with van der Waals surface area (Å²) in [6.45, 7) is 8.94. The Labute approximate surface area is 129 Å². The number of hydrogen-bond donors (Lipinski definition) is 1. The molecule has 1 rings (SSSR count). The molecule has 0 fully saturated rings. The molecule has 2 atom stereocenters. The summed E-state index contributed by atoms with van der Waals surface area (Å²) in [5.74, 6) is 0.227. The van der Waals surface area contributed by atoms with Gasteiger partial charge in [0.25, 0.3) is 5.69 Å². The summed E-state index contributed by atoms with van der Waals surface area (Å²) in [4.78, 5) is 10.9.